The third-order valence-electron chi connectivity index (χ3n) is 2.49. The van der Waals surface area contributed by atoms with Crippen LogP contribution in [0.4, 0.5) is 0 Å². The van der Waals surface area contributed by atoms with E-state index in [1.807, 2.05) is 0 Å². The van der Waals surface area contributed by atoms with E-state index >= 15 is 0 Å². The minimum absolute atomic E-state index is 0.0719. The molecule has 0 bridgehead atoms. The van der Waals surface area contributed by atoms with Crippen LogP contribution >= 0.6 is 0 Å². The minimum atomic E-state index is 0.0719. The van der Waals surface area contributed by atoms with Crippen LogP contribution in [0.2, 0.25) is 0 Å². The molecular weight excluding hydrogens is 168 g/mol. The summed E-state index contributed by atoms with van der Waals surface area (Å²) in [6.07, 6.45) is 2.44. The zero-order valence-corrected chi connectivity index (χ0v) is 7.50. The number of H-pyrrole nitrogens is 1. The van der Waals surface area contributed by atoms with Gasteiger partial charge in [0.2, 0.25) is 5.91 Å². The van der Waals surface area contributed by atoms with Crippen LogP contribution < -0.4 is 5.32 Å². The second kappa shape index (κ2) is 3.16. The highest BCUT2D eigenvalue weighted by Gasteiger charge is 2.26. The molecule has 1 unspecified atom stereocenters. The molecule has 1 aliphatic rings. The van der Waals surface area contributed by atoms with Crippen molar-refractivity contribution in [1.82, 2.24) is 20.7 Å². The zero-order chi connectivity index (χ0) is 9.26. The van der Waals surface area contributed by atoms with E-state index in [2.05, 4.69) is 20.7 Å². The number of nitrogens with zero attached hydrogens (tertiary/aromatic N) is 2. The van der Waals surface area contributed by atoms with Crippen molar-refractivity contribution in [3.63, 3.8) is 0 Å². The lowest BCUT2D eigenvalue weighted by molar-refractivity contribution is -0.124. The van der Waals surface area contributed by atoms with Gasteiger partial charge in [-0.3, -0.25) is 4.79 Å². The topological polar surface area (TPSA) is 70.7 Å². The number of aromatic nitrogens is 3. The number of fused-ring (bicyclic) bond motifs is 1. The van der Waals surface area contributed by atoms with E-state index in [-0.39, 0.29) is 11.8 Å². The van der Waals surface area contributed by atoms with Crippen LogP contribution in [0.3, 0.4) is 0 Å². The van der Waals surface area contributed by atoms with Crippen LogP contribution in [0, 0.1) is 5.92 Å². The molecule has 1 heterocycles. The number of amides is 1. The Balaban J connectivity index is 2.13. The number of hydrogen-bond acceptors (Lipinski definition) is 3. The molecule has 0 spiro atoms. The lowest BCUT2D eigenvalue weighted by atomic mass is 9.89. The Labute approximate surface area is 75.9 Å². The summed E-state index contributed by atoms with van der Waals surface area (Å²) in [7, 11) is 1.67. The second-order valence-electron chi connectivity index (χ2n) is 3.27. The van der Waals surface area contributed by atoms with Gasteiger partial charge in [0.05, 0.1) is 11.4 Å². The van der Waals surface area contributed by atoms with Crippen molar-refractivity contribution < 1.29 is 4.79 Å². The van der Waals surface area contributed by atoms with Gasteiger partial charge in [0, 0.05) is 19.4 Å². The van der Waals surface area contributed by atoms with E-state index < -0.39 is 0 Å². The average molecular weight is 180 g/mol. The van der Waals surface area contributed by atoms with Crippen LogP contribution in [0.1, 0.15) is 17.8 Å². The number of rotatable bonds is 1. The van der Waals surface area contributed by atoms with E-state index in [1.54, 1.807) is 7.05 Å². The Kier molecular flexibility index (Phi) is 2.00. The highest BCUT2D eigenvalue weighted by atomic mass is 16.1. The molecule has 1 atom stereocenters. The van der Waals surface area contributed by atoms with Crippen LogP contribution in [-0.2, 0) is 17.6 Å². The molecule has 1 aromatic heterocycles. The molecule has 0 aromatic carbocycles. The van der Waals surface area contributed by atoms with Crippen LogP contribution in [0.15, 0.2) is 0 Å². The Bertz CT molecular complexity index is 320. The van der Waals surface area contributed by atoms with Crippen LogP contribution in [-0.4, -0.2) is 28.4 Å². The summed E-state index contributed by atoms with van der Waals surface area (Å²) in [5.74, 6) is 0.177. The van der Waals surface area contributed by atoms with Crippen LogP contribution in [0.25, 0.3) is 0 Å². The first-order valence-corrected chi connectivity index (χ1v) is 4.41. The fourth-order valence-corrected chi connectivity index (χ4v) is 1.71. The summed E-state index contributed by atoms with van der Waals surface area (Å²) in [4.78, 5) is 11.3. The number of carbonyl (C=O) groups excluding carboxylic acids is 1. The Hall–Kier alpha value is -1.39. The predicted octanol–water partition coefficient (Wildman–Crippen LogP) is -0.344. The lowest BCUT2D eigenvalue weighted by Crippen LogP contribution is -2.31. The molecule has 0 aliphatic heterocycles. The molecule has 0 saturated carbocycles. The molecule has 1 aliphatic carbocycles. The predicted molar refractivity (Wildman–Crippen MR) is 46.0 cm³/mol. The molecular formula is C8H12N4O. The average Bonchev–Trinajstić information content (AvgIpc) is 2.63. The lowest BCUT2D eigenvalue weighted by Gasteiger charge is -2.18. The highest BCUT2D eigenvalue weighted by molar-refractivity contribution is 5.78. The van der Waals surface area contributed by atoms with Gasteiger partial charge in [0.25, 0.3) is 0 Å². The SMILES string of the molecule is CNC(=O)C1CCc2n[nH]nc2C1. The monoisotopic (exact) mass is 180 g/mol. The first-order chi connectivity index (χ1) is 6.31. The summed E-state index contributed by atoms with van der Waals surface area (Å²) < 4.78 is 0. The van der Waals surface area contributed by atoms with Crippen molar-refractivity contribution in [3.05, 3.63) is 11.4 Å². The van der Waals surface area contributed by atoms with Gasteiger partial charge in [-0.05, 0) is 12.8 Å². The van der Waals surface area contributed by atoms with E-state index in [1.165, 1.54) is 0 Å². The molecule has 13 heavy (non-hydrogen) atoms. The molecule has 1 aromatic rings. The first kappa shape index (κ1) is 8.22. The number of hydrogen-bond donors (Lipinski definition) is 2. The van der Waals surface area contributed by atoms with Gasteiger partial charge in [0.15, 0.2) is 0 Å². The highest BCUT2D eigenvalue weighted by Crippen LogP contribution is 2.21. The molecule has 70 valence electrons. The maximum Gasteiger partial charge on any atom is 0.223 e. The quantitative estimate of drug-likeness (QED) is 0.621. The van der Waals surface area contributed by atoms with E-state index in [0.717, 1.165) is 24.2 Å². The van der Waals surface area contributed by atoms with Crippen molar-refractivity contribution in [2.45, 2.75) is 19.3 Å². The van der Waals surface area contributed by atoms with Crippen molar-refractivity contribution in [3.8, 4) is 0 Å². The van der Waals surface area contributed by atoms with Crippen molar-refractivity contribution in [1.29, 1.82) is 0 Å². The van der Waals surface area contributed by atoms with E-state index in [9.17, 15) is 4.79 Å². The molecule has 1 amide bonds. The summed E-state index contributed by atoms with van der Waals surface area (Å²) in [5, 5.41) is 13.3. The number of carbonyl (C=O) groups is 1. The maximum absolute atomic E-state index is 11.3. The van der Waals surface area contributed by atoms with Gasteiger partial charge in [-0.15, -0.1) is 0 Å². The van der Waals surface area contributed by atoms with Gasteiger partial charge in [-0.1, -0.05) is 0 Å². The first-order valence-electron chi connectivity index (χ1n) is 4.41. The molecule has 2 N–H and O–H groups in total. The molecule has 5 heteroatoms. The van der Waals surface area contributed by atoms with Crippen LogP contribution in [0.5, 0.6) is 0 Å². The third kappa shape index (κ3) is 1.41. The summed E-state index contributed by atoms with van der Waals surface area (Å²) in [6.45, 7) is 0. The molecule has 2 rings (SSSR count). The fourth-order valence-electron chi connectivity index (χ4n) is 1.71. The van der Waals surface area contributed by atoms with Crippen molar-refractivity contribution >= 4 is 5.91 Å². The van der Waals surface area contributed by atoms with Gasteiger partial charge in [-0.25, -0.2) is 0 Å². The second-order valence-corrected chi connectivity index (χ2v) is 3.27. The van der Waals surface area contributed by atoms with Crippen molar-refractivity contribution in [2.24, 2.45) is 5.92 Å². The molecule has 0 saturated heterocycles. The van der Waals surface area contributed by atoms with E-state index in [0.29, 0.717) is 6.42 Å². The fraction of sp³-hybridized carbons (Fsp3) is 0.625. The number of aromatic amines is 1. The smallest absolute Gasteiger partial charge is 0.223 e. The summed E-state index contributed by atoms with van der Waals surface area (Å²) >= 11 is 0. The minimum Gasteiger partial charge on any atom is -0.359 e. The Morgan fingerprint density at radius 3 is 3.08 bits per heavy atom. The summed E-state index contributed by atoms with van der Waals surface area (Å²) in [5.41, 5.74) is 1.96. The molecule has 0 radical (unpaired) electrons. The molecule has 5 nitrogen and oxygen atoms in total. The van der Waals surface area contributed by atoms with Gasteiger partial charge in [-0.2, -0.15) is 15.4 Å². The Morgan fingerprint density at radius 1 is 1.54 bits per heavy atom. The van der Waals surface area contributed by atoms with Gasteiger partial charge >= 0.3 is 0 Å². The maximum atomic E-state index is 11.3. The van der Waals surface area contributed by atoms with Gasteiger partial charge in [0.1, 0.15) is 0 Å². The van der Waals surface area contributed by atoms with E-state index in [4.69, 9.17) is 0 Å². The zero-order valence-electron chi connectivity index (χ0n) is 7.50. The van der Waals surface area contributed by atoms with Crippen molar-refractivity contribution in [2.75, 3.05) is 7.05 Å². The normalized spacial score (nSPS) is 20.8. The molecule has 0 fully saturated rings. The third-order valence-corrected chi connectivity index (χ3v) is 2.49. The standard InChI is InChI=1S/C8H12N4O/c1-9-8(13)5-2-3-6-7(4-5)11-12-10-6/h5H,2-4H2,1H3,(H,9,13)(H,10,11,12). The van der Waals surface area contributed by atoms with Gasteiger partial charge < -0.3 is 5.32 Å². The Morgan fingerprint density at radius 2 is 2.31 bits per heavy atom. The number of aryl methyl sites for hydroxylation is 1. The number of nitrogens with one attached hydrogen (secondary N) is 2. The summed E-state index contributed by atoms with van der Waals surface area (Å²) in [6, 6.07) is 0. The largest absolute Gasteiger partial charge is 0.359 e.